The molecule has 0 radical (unpaired) electrons. The average molecular weight is 472 g/mol. The summed E-state index contributed by atoms with van der Waals surface area (Å²) in [5.74, 6) is 1.08. The van der Waals surface area contributed by atoms with E-state index in [4.69, 9.17) is 4.74 Å². The maximum absolute atomic E-state index is 13.0. The van der Waals surface area contributed by atoms with Crippen LogP contribution >= 0.6 is 0 Å². The van der Waals surface area contributed by atoms with Gasteiger partial charge in [0, 0.05) is 29.0 Å². The highest BCUT2D eigenvalue weighted by atomic mass is 32.2. The van der Waals surface area contributed by atoms with E-state index in [1.54, 1.807) is 49.8 Å². The number of fused-ring (bicyclic) bond motifs is 1. The van der Waals surface area contributed by atoms with Crippen molar-refractivity contribution >= 4 is 38.1 Å². The number of hydrogen-bond donors (Lipinski definition) is 2. The zero-order valence-corrected chi connectivity index (χ0v) is 19.0. The smallest absolute Gasteiger partial charge is 0.263 e. The topological polar surface area (TPSA) is 98.1 Å². The Balaban J connectivity index is 1.38. The van der Waals surface area contributed by atoms with Gasteiger partial charge >= 0.3 is 0 Å². The van der Waals surface area contributed by atoms with Gasteiger partial charge in [-0.05, 0) is 60.7 Å². The Hall–Kier alpha value is -4.37. The third-order valence-electron chi connectivity index (χ3n) is 5.27. The van der Waals surface area contributed by atoms with Crippen molar-refractivity contribution < 1.29 is 13.2 Å². The van der Waals surface area contributed by atoms with Crippen molar-refractivity contribution in [2.75, 3.05) is 17.1 Å². The van der Waals surface area contributed by atoms with Crippen LogP contribution in [0.15, 0.2) is 102 Å². The summed E-state index contributed by atoms with van der Waals surface area (Å²) in [6.07, 6.45) is 3.27. The van der Waals surface area contributed by atoms with Gasteiger partial charge in [-0.25, -0.2) is 13.1 Å². The van der Waals surface area contributed by atoms with Gasteiger partial charge in [-0.3, -0.25) is 9.71 Å². The summed E-state index contributed by atoms with van der Waals surface area (Å²) in [4.78, 5) is 4.52. The molecule has 0 amide bonds. The van der Waals surface area contributed by atoms with Crippen molar-refractivity contribution in [1.82, 2.24) is 14.8 Å². The summed E-state index contributed by atoms with van der Waals surface area (Å²) < 4.78 is 35.5. The molecule has 0 aliphatic rings. The van der Waals surface area contributed by atoms with Crippen LogP contribution in [0.25, 0.3) is 16.6 Å². The Morgan fingerprint density at radius 3 is 2.44 bits per heavy atom. The Morgan fingerprint density at radius 2 is 1.68 bits per heavy atom. The molecular formula is C25H21N5O3S. The Morgan fingerprint density at radius 1 is 0.882 bits per heavy atom. The van der Waals surface area contributed by atoms with Gasteiger partial charge in [-0.2, -0.15) is 5.10 Å². The summed E-state index contributed by atoms with van der Waals surface area (Å²) in [6, 6.07) is 25.0. The lowest BCUT2D eigenvalue weighted by Gasteiger charge is -2.13. The molecule has 0 atom stereocenters. The molecule has 2 aromatic heterocycles. The first kappa shape index (κ1) is 21.5. The number of pyridine rings is 1. The summed E-state index contributed by atoms with van der Waals surface area (Å²) >= 11 is 0. The molecule has 0 fully saturated rings. The molecule has 0 aliphatic carbocycles. The summed E-state index contributed by atoms with van der Waals surface area (Å²) in [7, 11) is -2.20. The molecule has 34 heavy (non-hydrogen) atoms. The fraction of sp³-hybridized carbons (Fsp3) is 0.0400. The number of para-hydroxylation sites is 1. The number of nitrogens with zero attached hydrogens (tertiary/aromatic N) is 3. The fourth-order valence-electron chi connectivity index (χ4n) is 3.59. The first-order valence-electron chi connectivity index (χ1n) is 10.5. The number of benzene rings is 3. The molecule has 0 spiro atoms. The lowest BCUT2D eigenvalue weighted by molar-refractivity contribution is 0.415. The van der Waals surface area contributed by atoms with Gasteiger partial charge < -0.3 is 10.1 Å². The largest absolute Gasteiger partial charge is 0.497 e. The van der Waals surface area contributed by atoms with Gasteiger partial charge in [0.15, 0.2) is 0 Å². The SMILES string of the molecule is COc1ccc2nccc(Nc3ccc(S(=O)(=O)Nc4ccnn4-c4ccccc4)cc3)c2c1. The number of ether oxygens (including phenoxy) is 1. The molecule has 8 nitrogen and oxygen atoms in total. The van der Waals surface area contributed by atoms with Gasteiger partial charge in [-0.1, -0.05) is 18.2 Å². The van der Waals surface area contributed by atoms with Gasteiger partial charge in [0.05, 0.1) is 29.4 Å². The first-order chi connectivity index (χ1) is 16.5. The Bertz CT molecular complexity index is 1550. The molecule has 9 heteroatoms. The highest BCUT2D eigenvalue weighted by Crippen LogP contribution is 2.29. The quantitative estimate of drug-likeness (QED) is 0.348. The van der Waals surface area contributed by atoms with E-state index in [1.165, 1.54) is 4.68 Å². The molecule has 2 heterocycles. The molecule has 0 aliphatic heterocycles. The van der Waals surface area contributed by atoms with Crippen molar-refractivity contribution in [2.24, 2.45) is 0 Å². The van der Waals surface area contributed by atoms with E-state index in [-0.39, 0.29) is 4.90 Å². The second-order valence-corrected chi connectivity index (χ2v) is 9.14. The van der Waals surface area contributed by atoms with Crippen LogP contribution < -0.4 is 14.8 Å². The van der Waals surface area contributed by atoms with Crippen molar-refractivity contribution in [1.29, 1.82) is 0 Å². The second kappa shape index (κ2) is 8.87. The summed E-state index contributed by atoms with van der Waals surface area (Å²) in [5.41, 5.74) is 3.16. The van der Waals surface area contributed by atoms with E-state index in [9.17, 15) is 8.42 Å². The van der Waals surface area contributed by atoms with E-state index >= 15 is 0 Å². The second-order valence-electron chi connectivity index (χ2n) is 7.46. The number of anilines is 3. The van der Waals surface area contributed by atoms with E-state index in [2.05, 4.69) is 20.1 Å². The van der Waals surface area contributed by atoms with Crippen molar-refractivity contribution in [2.45, 2.75) is 4.90 Å². The molecule has 170 valence electrons. The molecule has 0 unspecified atom stereocenters. The van der Waals surface area contributed by atoms with E-state index in [0.717, 1.165) is 33.7 Å². The Kier molecular flexibility index (Phi) is 5.60. The molecule has 0 saturated heterocycles. The number of nitrogens with one attached hydrogen (secondary N) is 2. The van der Waals surface area contributed by atoms with Gasteiger partial charge in [-0.15, -0.1) is 0 Å². The van der Waals surface area contributed by atoms with E-state index in [0.29, 0.717) is 5.82 Å². The highest BCUT2D eigenvalue weighted by molar-refractivity contribution is 7.92. The van der Waals surface area contributed by atoms with E-state index in [1.807, 2.05) is 54.6 Å². The first-order valence-corrected chi connectivity index (χ1v) is 11.9. The van der Waals surface area contributed by atoms with E-state index < -0.39 is 10.0 Å². The summed E-state index contributed by atoms with van der Waals surface area (Å²) in [6.45, 7) is 0. The number of rotatable bonds is 7. The monoisotopic (exact) mass is 471 g/mol. The standard InChI is InChI=1S/C25H21N5O3S/c1-33-20-9-12-23-22(17-20)24(13-15-26-23)28-18-7-10-21(11-8-18)34(31,32)29-25-14-16-27-30(25)19-5-3-2-4-6-19/h2-17,29H,1H3,(H,26,28). The predicted molar refractivity (Wildman–Crippen MR) is 132 cm³/mol. The van der Waals surface area contributed by atoms with Crippen LogP contribution in [0, 0.1) is 0 Å². The maximum Gasteiger partial charge on any atom is 0.263 e. The van der Waals surface area contributed by atoms with Crippen molar-refractivity contribution in [3.63, 3.8) is 0 Å². The normalized spacial score (nSPS) is 11.3. The number of hydrogen-bond acceptors (Lipinski definition) is 6. The third kappa shape index (κ3) is 4.28. The molecule has 0 saturated carbocycles. The number of aromatic nitrogens is 3. The predicted octanol–water partition coefficient (Wildman–Crippen LogP) is 4.97. The number of methoxy groups -OCH3 is 1. The fourth-order valence-corrected chi connectivity index (χ4v) is 4.63. The molecule has 5 rings (SSSR count). The van der Waals surface area contributed by atoms with Gasteiger partial charge in [0.1, 0.15) is 11.6 Å². The van der Waals surface area contributed by atoms with Crippen LogP contribution in [0.2, 0.25) is 0 Å². The third-order valence-corrected chi connectivity index (χ3v) is 6.65. The summed E-state index contributed by atoms with van der Waals surface area (Å²) in [5, 5.41) is 8.45. The van der Waals surface area contributed by atoms with Gasteiger partial charge in [0.2, 0.25) is 0 Å². The molecular weight excluding hydrogens is 450 g/mol. The molecule has 0 bridgehead atoms. The van der Waals surface area contributed by atoms with Crippen LogP contribution in [0.1, 0.15) is 0 Å². The zero-order chi connectivity index (χ0) is 23.5. The highest BCUT2D eigenvalue weighted by Gasteiger charge is 2.17. The minimum absolute atomic E-state index is 0.139. The van der Waals surface area contributed by atoms with Crippen LogP contribution in [0.4, 0.5) is 17.2 Å². The number of sulfonamides is 1. The lowest BCUT2D eigenvalue weighted by atomic mass is 10.1. The minimum Gasteiger partial charge on any atom is -0.497 e. The van der Waals surface area contributed by atoms with Crippen LogP contribution in [-0.4, -0.2) is 30.3 Å². The van der Waals surface area contributed by atoms with Crippen LogP contribution in [0.5, 0.6) is 5.75 Å². The molecule has 3 aromatic carbocycles. The minimum atomic E-state index is -3.81. The lowest BCUT2D eigenvalue weighted by Crippen LogP contribution is -2.15. The van der Waals surface area contributed by atoms with Crippen molar-refractivity contribution in [3.8, 4) is 11.4 Å². The average Bonchev–Trinajstić information content (AvgIpc) is 3.32. The molecule has 5 aromatic rings. The van der Waals surface area contributed by atoms with Gasteiger partial charge in [0.25, 0.3) is 10.0 Å². The molecule has 2 N–H and O–H groups in total. The Labute approximate surface area is 196 Å². The zero-order valence-electron chi connectivity index (χ0n) is 18.2. The maximum atomic E-state index is 13.0. The van der Waals surface area contributed by atoms with Crippen LogP contribution in [-0.2, 0) is 10.0 Å². The van der Waals surface area contributed by atoms with Crippen LogP contribution in [0.3, 0.4) is 0 Å². The van der Waals surface area contributed by atoms with Crippen molar-refractivity contribution in [3.05, 3.63) is 97.3 Å².